The zero-order chi connectivity index (χ0) is 27.0. The number of phenols is 1. The number of nitrogens with one attached hydrogen (secondary N) is 1. The van der Waals surface area contributed by atoms with Gasteiger partial charge < -0.3 is 36.6 Å². The summed E-state index contributed by atoms with van der Waals surface area (Å²) in [5, 5.41) is 59.0. The van der Waals surface area contributed by atoms with Crippen LogP contribution in [0.3, 0.4) is 0 Å². The minimum atomic E-state index is -2.94. The average Bonchev–Trinajstić information content (AvgIpc) is 2.77. The van der Waals surface area contributed by atoms with Gasteiger partial charge in [-0.3, -0.25) is 19.3 Å². The molecule has 0 spiro atoms. The number of primary amides is 1. The number of carbonyl (C=O) groups is 3. The topological polar surface area (TPSA) is 194 Å². The summed E-state index contributed by atoms with van der Waals surface area (Å²) in [5.41, 5.74) is 1.41. The second-order valence-corrected chi connectivity index (χ2v) is 10.3. The van der Waals surface area contributed by atoms with Crippen LogP contribution in [0, 0.1) is 11.8 Å². The summed E-state index contributed by atoms with van der Waals surface area (Å²) in [6.45, 7) is 3.24. The lowest BCUT2D eigenvalue weighted by atomic mass is 9.54. The number of hydrogen-bond acceptors (Lipinski definition) is 10. The van der Waals surface area contributed by atoms with Gasteiger partial charge in [0.2, 0.25) is 5.78 Å². The van der Waals surface area contributed by atoms with Crippen molar-refractivity contribution in [1.29, 1.82) is 0 Å². The fourth-order valence-electron chi connectivity index (χ4n) is 5.91. The zero-order valence-electron chi connectivity index (χ0n) is 19.9. The van der Waals surface area contributed by atoms with Crippen molar-refractivity contribution in [2.45, 2.75) is 37.5 Å². The number of hydrogen-bond donors (Lipinski definition) is 7. The van der Waals surface area contributed by atoms with Gasteiger partial charge in [0.25, 0.3) is 5.91 Å². The van der Waals surface area contributed by atoms with Gasteiger partial charge in [-0.25, -0.2) is 0 Å². The van der Waals surface area contributed by atoms with E-state index in [9.17, 15) is 39.9 Å². The normalized spacial score (nSPS) is 31.7. The van der Waals surface area contributed by atoms with Gasteiger partial charge >= 0.3 is 0 Å². The second-order valence-electron chi connectivity index (χ2n) is 9.66. The number of aliphatic hydroxyl groups is 4. The molecule has 8 N–H and O–H groups in total. The lowest BCUT2D eigenvalue weighted by molar-refractivity contribution is -0.169. The van der Waals surface area contributed by atoms with Gasteiger partial charge in [-0.05, 0) is 38.6 Å². The molecular weight excluding hydrogens is 490 g/mol. The van der Waals surface area contributed by atoms with Crippen LogP contribution in [-0.4, -0.2) is 84.7 Å². The second kappa shape index (κ2) is 8.37. The van der Waals surface area contributed by atoms with Gasteiger partial charge in [-0.1, -0.05) is 25.2 Å². The lowest BCUT2D eigenvalue weighted by Crippen LogP contribution is -2.70. The summed E-state index contributed by atoms with van der Waals surface area (Å²) in [4.78, 5) is 40.7. The number of fused-ring (bicyclic) bond motifs is 3. The molecule has 3 aliphatic rings. The Morgan fingerprint density at radius 2 is 1.81 bits per heavy atom. The van der Waals surface area contributed by atoms with Crippen molar-refractivity contribution in [2.75, 3.05) is 19.4 Å². The molecule has 0 aliphatic heterocycles. The molecule has 0 aromatic heterocycles. The predicted octanol–water partition coefficient (Wildman–Crippen LogP) is 0.255. The molecule has 12 heteroatoms. The third-order valence-electron chi connectivity index (χ3n) is 7.44. The van der Waals surface area contributed by atoms with Crippen molar-refractivity contribution in [3.63, 3.8) is 0 Å². The number of likely N-dealkylation sites (N-methyl/N-ethyl adjacent to an activating group) is 1. The third kappa shape index (κ3) is 3.22. The van der Waals surface area contributed by atoms with Crippen LogP contribution in [0.5, 0.6) is 5.75 Å². The van der Waals surface area contributed by atoms with E-state index in [1.165, 1.54) is 25.1 Å². The van der Waals surface area contributed by atoms with Crippen LogP contribution in [0.25, 0.3) is 5.76 Å². The molecule has 1 amide bonds. The summed E-state index contributed by atoms with van der Waals surface area (Å²) < 4.78 is 0. The fourth-order valence-corrected chi connectivity index (χ4v) is 6.02. The maximum atomic E-state index is 13.9. The smallest absolute Gasteiger partial charge is 0.255 e. The number of ketones is 2. The van der Waals surface area contributed by atoms with Gasteiger partial charge in [0.15, 0.2) is 11.4 Å². The molecular formula is C24H27N3O8S. The molecule has 1 fully saturated rings. The van der Waals surface area contributed by atoms with Crippen LogP contribution in [0.1, 0.15) is 30.9 Å². The molecule has 36 heavy (non-hydrogen) atoms. The highest BCUT2D eigenvalue weighted by atomic mass is 32.1. The van der Waals surface area contributed by atoms with Crippen molar-refractivity contribution in [1.82, 2.24) is 4.90 Å². The summed E-state index contributed by atoms with van der Waals surface area (Å²) >= 11 is 5.02. The number of aromatic hydroxyl groups is 1. The number of nitrogens with two attached hydrogens (primary N) is 1. The highest BCUT2D eigenvalue weighted by Gasteiger charge is 2.68. The summed E-state index contributed by atoms with van der Waals surface area (Å²) in [7, 11) is 2.91. The lowest BCUT2D eigenvalue weighted by Gasteiger charge is -2.53. The molecule has 4 rings (SSSR count). The molecule has 0 saturated heterocycles. The minimum absolute atomic E-state index is 0.104. The van der Waals surface area contributed by atoms with E-state index >= 15 is 0 Å². The van der Waals surface area contributed by atoms with Crippen molar-refractivity contribution in [2.24, 2.45) is 17.6 Å². The Morgan fingerprint density at radius 1 is 1.19 bits per heavy atom. The number of carbonyl (C=O) groups excluding carboxylic acids is 3. The molecule has 0 bridgehead atoms. The van der Waals surface area contributed by atoms with Crippen LogP contribution < -0.4 is 11.1 Å². The van der Waals surface area contributed by atoms with Gasteiger partial charge in [0.05, 0.1) is 34.3 Å². The quantitative estimate of drug-likeness (QED) is 0.165. The highest BCUT2D eigenvalue weighted by molar-refractivity contribution is 7.80. The van der Waals surface area contributed by atoms with Gasteiger partial charge in [-0.15, -0.1) is 0 Å². The maximum absolute atomic E-state index is 13.9. The van der Waals surface area contributed by atoms with Crippen LogP contribution in [0.15, 0.2) is 29.0 Å². The Labute approximate surface area is 211 Å². The monoisotopic (exact) mass is 517 g/mol. The van der Waals surface area contributed by atoms with Crippen LogP contribution in [-0.2, 0) is 14.4 Å². The van der Waals surface area contributed by atoms with E-state index < -0.39 is 81.4 Å². The Bertz CT molecular complexity index is 1300. The molecule has 6 atom stereocenters. The number of anilines is 1. The molecule has 1 saturated carbocycles. The van der Waals surface area contributed by atoms with Crippen LogP contribution in [0.4, 0.5) is 5.69 Å². The number of benzene rings is 1. The van der Waals surface area contributed by atoms with Crippen molar-refractivity contribution < 1.29 is 39.9 Å². The molecule has 0 radical (unpaired) electrons. The van der Waals surface area contributed by atoms with Crippen molar-refractivity contribution in [3.05, 3.63) is 40.2 Å². The molecule has 192 valence electrons. The van der Waals surface area contributed by atoms with E-state index in [0.29, 0.717) is 10.6 Å². The third-order valence-corrected chi connectivity index (χ3v) is 7.54. The standard InChI is InChI=1S/C24H27N3O8S/c1-7-9-5-6-10(26-8(2)36)17(28)12(9)18(29)13-11(7)19(30)15-16(27(3)4)20(31)14(23(25)34)22(33)24(15,35)21(13)32/h5-7,11,15-16,19,28-30,33,35H,1-4H3,(H2,25,34)(H,26,36)/t7-,11?,15?,16-,19?,24-/m0/s1. The Balaban J connectivity index is 2.04. The SMILES string of the molecule is CC(=S)Nc1ccc2c(c1O)C(O)=C1C(=O)[C@]3(O)C(O)=C(C(N)=O)C(=O)[C@@H](N(C)C)C3C(O)C1[C@H]2C. The number of rotatable bonds is 3. The van der Waals surface area contributed by atoms with Gasteiger partial charge in [0, 0.05) is 11.5 Å². The first-order valence-corrected chi connectivity index (χ1v) is 11.5. The Hall–Kier alpha value is -3.32. The highest BCUT2D eigenvalue weighted by Crippen LogP contribution is 2.56. The molecule has 3 aliphatic carbocycles. The number of thiocarbonyl (C=S) groups is 1. The number of nitrogens with zero attached hydrogens (tertiary/aromatic N) is 1. The molecule has 1 aromatic carbocycles. The van der Waals surface area contributed by atoms with E-state index in [1.807, 2.05) is 0 Å². The summed E-state index contributed by atoms with van der Waals surface area (Å²) in [6.07, 6.45) is -1.64. The molecule has 0 heterocycles. The zero-order valence-corrected chi connectivity index (χ0v) is 20.8. The van der Waals surface area contributed by atoms with E-state index in [4.69, 9.17) is 18.0 Å². The predicted molar refractivity (Wildman–Crippen MR) is 132 cm³/mol. The number of phenolic OH excluding ortho intramolecular Hbond substituents is 1. The fraction of sp³-hybridized carbons (Fsp3) is 0.417. The van der Waals surface area contributed by atoms with E-state index in [-0.39, 0.29) is 11.3 Å². The van der Waals surface area contributed by atoms with E-state index in [1.54, 1.807) is 19.9 Å². The largest absolute Gasteiger partial charge is 0.508 e. The maximum Gasteiger partial charge on any atom is 0.255 e. The summed E-state index contributed by atoms with van der Waals surface area (Å²) in [6, 6.07) is 1.74. The van der Waals surface area contributed by atoms with Crippen LogP contribution in [0.2, 0.25) is 0 Å². The van der Waals surface area contributed by atoms with Gasteiger partial charge in [0.1, 0.15) is 22.8 Å². The van der Waals surface area contributed by atoms with Crippen LogP contribution >= 0.6 is 12.2 Å². The summed E-state index contributed by atoms with van der Waals surface area (Å²) in [5.74, 6) is -9.29. The molecule has 11 nitrogen and oxygen atoms in total. The molecule has 3 unspecified atom stereocenters. The van der Waals surface area contributed by atoms with Gasteiger partial charge in [-0.2, -0.15) is 0 Å². The number of Topliss-reactive ketones (excluding diaryl/α,β-unsaturated/α-hetero) is 2. The Morgan fingerprint density at radius 3 is 2.33 bits per heavy atom. The van der Waals surface area contributed by atoms with Crippen molar-refractivity contribution in [3.8, 4) is 5.75 Å². The van der Waals surface area contributed by atoms with Crippen molar-refractivity contribution >= 4 is 46.1 Å². The van der Waals surface area contributed by atoms with E-state index in [0.717, 1.165) is 0 Å². The van der Waals surface area contributed by atoms with E-state index in [2.05, 4.69) is 5.32 Å². The first-order chi connectivity index (χ1) is 16.7. The average molecular weight is 518 g/mol. The molecule has 1 aromatic rings. The minimum Gasteiger partial charge on any atom is -0.508 e. The Kier molecular flexibility index (Phi) is 5.99. The number of amides is 1. The first-order valence-electron chi connectivity index (χ1n) is 11.1. The number of aliphatic hydroxyl groups excluding tert-OH is 3. The first kappa shape index (κ1) is 25.8.